The molecule has 2 aromatic carbocycles. The van der Waals surface area contributed by atoms with Gasteiger partial charge in [0.2, 0.25) is 0 Å². The van der Waals surface area contributed by atoms with Crippen molar-refractivity contribution in [3.63, 3.8) is 0 Å². The Labute approximate surface area is 174 Å². The van der Waals surface area contributed by atoms with Gasteiger partial charge in [-0.15, -0.1) is 0 Å². The summed E-state index contributed by atoms with van der Waals surface area (Å²) >= 11 is 0. The van der Waals surface area contributed by atoms with E-state index in [1.165, 1.54) is 23.3 Å². The van der Waals surface area contributed by atoms with Gasteiger partial charge in [-0.25, -0.2) is 4.79 Å². The number of hydrogen-bond acceptors (Lipinski definition) is 5. The van der Waals surface area contributed by atoms with Crippen LogP contribution >= 0.6 is 0 Å². The highest BCUT2D eigenvalue weighted by Gasteiger charge is 2.19. The topological polar surface area (TPSA) is 88.9 Å². The van der Waals surface area contributed by atoms with Crippen LogP contribution in [0.2, 0.25) is 0 Å². The molecular weight excluding hydrogens is 384 g/mol. The normalized spacial score (nSPS) is 11.4. The maximum atomic E-state index is 12.4. The molecule has 30 heavy (non-hydrogen) atoms. The molecule has 2 amide bonds. The molecule has 7 heteroatoms. The van der Waals surface area contributed by atoms with Crippen molar-refractivity contribution >= 4 is 23.5 Å². The number of benzene rings is 2. The van der Waals surface area contributed by atoms with Crippen LogP contribution in [-0.4, -0.2) is 36.3 Å². The molecule has 0 aliphatic carbocycles. The summed E-state index contributed by atoms with van der Waals surface area (Å²) < 4.78 is 10.2. The third-order valence-electron chi connectivity index (χ3n) is 4.71. The Hall–Kier alpha value is -3.87. The molecule has 0 saturated heterocycles. The van der Waals surface area contributed by atoms with E-state index in [9.17, 15) is 14.4 Å². The number of esters is 1. The largest absolute Gasteiger partial charge is 0.459 e. The fourth-order valence-corrected chi connectivity index (χ4v) is 2.77. The van der Waals surface area contributed by atoms with Gasteiger partial charge >= 0.3 is 5.97 Å². The Morgan fingerprint density at radius 3 is 2.33 bits per heavy atom. The fraction of sp³-hybridized carbons (Fsp3) is 0.174. The summed E-state index contributed by atoms with van der Waals surface area (Å²) in [6.07, 6.45) is 1.41. The van der Waals surface area contributed by atoms with Crippen molar-refractivity contribution in [1.29, 1.82) is 0 Å². The quantitative estimate of drug-likeness (QED) is 0.601. The number of anilines is 1. The first-order valence-corrected chi connectivity index (χ1v) is 9.38. The first-order valence-electron chi connectivity index (χ1n) is 9.38. The predicted octanol–water partition coefficient (Wildman–Crippen LogP) is 3.91. The molecule has 1 aromatic heterocycles. The second-order valence-electron chi connectivity index (χ2n) is 6.68. The van der Waals surface area contributed by atoms with Crippen molar-refractivity contribution in [1.82, 2.24) is 4.90 Å². The van der Waals surface area contributed by atoms with E-state index in [0.29, 0.717) is 5.69 Å². The Balaban J connectivity index is 1.52. The van der Waals surface area contributed by atoms with E-state index in [2.05, 4.69) is 5.32 Å². The van der Waals surface area contributed by atoms with Gasteiger partial charge in [0.15, 0.2) is 12.4 Å². The molecule has 0 aliphatic rings. The van der Waals surface area contributed by atoms with Crippen LogP contribution in [0.5, 0.6) is 0 Å². The Morgan fingerprint density at radius 2 is 1.70 bits per heavy atom. The SMILES string of the molecule is C[C@H](c1ccccc1)N(C)C(=O)COC(=O)c1ccc(NC(=O)c2ccco2)cc1. The van der Waals surface area contributed by atoms with E-state index in [1.54, 1.807) is 31.3 Å². The molecule has 3 rings (SSSR count). The van der Waals surface area contributed by atoms with E-state index >= 15 is 0 Å². The molecule has 3 aromatic rings. The van der Waals surface area contributed by atoms with Gasteiger partial charge in [-0.05, 0) is 48.9 Å². The number of nitrogens with zero attached hydrogens (tertiary/aromatic N) is 1. The smallest absolute Gasteiger partial charge is 0.338 e. The zero-order valence-corrected chi connectivity index (χ0v) is 16.7. The van der Waals surface area contributed by atoms with Gasteiger partial charge in [0.25, 0.3) is 11.8 Å². The summed E-state index contributed by atoms with van der Waals surface area (Å²) in [5.41, 5.74) is 1.77. The minimum Gasteiger partial charge on any atom is -0.459 e. The third kappa shape index (κ3) is 5.14. The summed E-state index contributed by atoms with van der Waals surface area (Å²) in [5.74, 6) is -1.13. The Bertz CT molecular complexity index is 998. The van der Waals surface area contributed by atoms with Gasteiger partial charge in [0.1, 0.15) is 0 Å². The van der Waals surface area contributed by atoms with Gasteiger partial charge in [0, 0.05) is 12.7 Å². The lowest BCUT2D eigenvalue weighted by Gasteiger charge is -2.25. The lowest BCUT2D eigenvalue weighted by Crippen LogP contribution is -2.33. The minimum absolute atomic E-state index is 0.144. The van der Waals surface area contributed by atoms with Crippen LogP contribution < -0.4 is 5.32 Å². The van der Waals surface area contributed by atoms with Crippen LogP contribution in [0.25, 0.3) is 0 Å². The zero-order chi connectivity index (χ0) is 21.5. The average molecular weight is 406 g/mol. The fourth-order valence-electron chi connectivity index (χ4n) is 2.77. The number of likely N-dealkylation sites (N-methyl/N-ethyl adjacent to an activating group) is 1. The number of carbonyl (C=O) groups excluding carboxylic acids is 3. The van der Waals surface area contributed by atoms with Crippen LogP contribution in [0.15, 0.2) is 77.4 Å². The van der Waals surface area contributed by atoms with E-state index in [-0.39, 0.29) is 29.9 Å². The zero-order valence-electron chi connectivity index (χ0n) is 16.7. The Kier molecular flexibility index (Phi) is 6.64. The van der Waals surface area contributed by atoms with E-state index in [1.807, 2.05) is 37.3 Å². The molecule has 7 nitrogen and oxygen atoms in total. The van der Waals surface area contributed by atoms with E-state index < -0.39 is 11.9 Å². The number of nitrogens with one attached hydrogen (secondary N) is 1. The van der Waals surface area contributed by atoms with Crippen molar-refractivity contribution in [2.45, 2.75) is 13.0 Å². The molecule has 0 unspecified atom stereocenters. The molecule has 1 atom stereocenters. The van der Waals surface area contributed by atoms with E-state index in [4.69, 9.17) is 9.15 Å². The number of amides is 2. The number of furan rings is 1. The lowest BCUT2D eigenvalue weighted by atomic mass is 10.1. The first-order chi connectivity index (χ1) is 14.5. The summed E-state index contributed by atoms with van der Waals surface area (Å²) in [6, 6.07) is 18.8. The van der Waals surface area contributed by atoms with Crippen molar-refractivity contribution < 1.29 is 23.5 Å². The molecule has 0 aliphatic heterocycles. The van der Waals surface area contributed by atoms with Crippen molar-refractivity contribution in [3.05, 3.63) is 89.9 Å². The highest BCUT2D eigenvalue weighted by atomic mass is 16.5. The molecular formula is C23H22N2O5. The lowest BCUT2D eigenvalue weighted by molar-refractivity contribution is -0.135. The van der Waals surface area contributed by atoms with Gasteiger partial charge < -0.3 is 19.4 Å². The predicted molar refractivity (Wildman–Crippen MR) is 111 cm³/mol. The monoisotopic (exact) mass is 406 g/mol. The van der Waals surface area contributed by atoms with Crippen molar-refractivity contribution in [2.24, 2.45) is 0 Å². The third-order valence-corrected chi connectivity index (χ3v) is 4.71. The van der Waals surface area contributed by atoms with Crippen LogP contribution in [0.4, 0.5) is 5.69 Å². The summed E-state index contributed by atoms with van der Waals surface area (Å²) in [7, 11) is 1.67. The summed E-state index contributed by atoms with van der Waals surface area (Å²) in [4.78, 5) is 38.1. The highest BCUT2D eigenvalue weighted by Crippen LogP contribution is 2.18. The number of hydrogen-bond donors (Lipinski definition) is 1. The number of ether oxygens (including phenoxy) is 1. The van der Waals surface area contributed by atoms with Crippen molar-refractivity contribution in [3.8, 4) is 0 Å². The molecule has 0 bridgehead atoms. The molecule has 1 N–H and O–H groups in total. The maximum Gasteiger partial charge on any atom is 0.338 e. The highest BCUT2D eigenvalue weighted by molar-refractivity contribution is 6.02. The maximum absolute atomic E-state index is 12.4. The van der Waals surface area contributed by atoms with Gasteiger partial charge in [0.05, 0.1) is 17.9 Å². The first kappa shape index (κ1) is 20.9. The van der Waals surface area contributed by atoms with Crippen LogP contribution in [0.3, 0.4) is 0 Å². The van der Waals surface area contributed by atoms with Crippen molar-refractivity contribution in [2.75, 3.05) is 19.0 Å². The average Bonchev–Trinajstić information content (AvgIpc) is 3.32. The second-order valence-corrected chi connectivity index (χ2v) is 6.68. The van der Waals surface area contributed by atoms with Crippen LogP contribution in [0.1, 0.15) is 39.4 Å². The minimum atomic E-state index is -0.618. The van der Waals surface area contributed by atoms with Gasteiger partial charge in [-0.1, -0.05) is 30.3 Å². The molecule has 0 spiro atoms. The molecule has 0 fully saturated rings. The van der Waals surface area contributed by atoms with E-state index in [0.717, 1.165) is 5.56 Å². The number of rotatable bonds is 7. The van der Waals surface area contributed by atoms with Gasteiger partial charge in [-0.2, -0.15) is 0 Å². The molecule has 0 radical (unpaired) electrons. The summed E-state index contributed by atoms with van der Waals surface area (Å²) in [6.45, 7) is 1.55. The number of carbonyl (C=O) groups is 3. The standard InChI is InChI=1S/C23H22N2O5/c1-16(17-7-4-3-5-8-17)25(2)21(26)15-30-23(28)18-10-12-19(13-11-18)24-22(27)20-9-6-14-29-20/h3-14,16H,15H2,1-2H3,(H,24,27)/t16-/m1/s1. The van der Waals surface area contributed by atoms with Crippen LogP contribution in [0, 0.1) is 0 Å². The molecule has 154 valence electrons. The van der Waals surface area contributed by atoms with Gasteiger partial charge in [-0.3, -0.25) is 9.59 Å². The Morgan fingerprint density at radius 1 is 1.00 bits per heavy atom. The molecule has 1 heterocycles. The summed E-state index contributed by atoms with van der Waals surface area (Å²) in [5, 5.41) is 2.66. The molecule has 0 saturated carbocycles. The van der Waals surface area contributed by atoms with Crippen LogP contribution in [-0.2, 0) is 9.53 Å². The second kappa shape index (κ2) is 9.56.